The van der Waals surface area contributed by atoms with Gasteiger partial charge in [-0.1, -0.05) is 0 Å². The van der Waals surface area contributed by atoms with E-state index < -0.39 is 11.0 Å². The number of amides is 1. The van der Waals surface area contributed by atoms with Gasteiger partial charge in [-0.2, -0.15) is 5.10 Å². The van der Waals surface area contributed by atoms with Gasteiger partial charge in [0.1, 0.15) is 12.2 Å². The molecule has 3 heterocycles. The van der Waals surface area contributed by atoms with Crippen LogP contribution in [0.1, 0.15) is 31.1 Å². The molecule has 1 aliphatic heterocycles. The van der Waals surface area contributed by atoms with E-state index in [0.717, 1.165) is 31.9 Å². The molecule has 3 rings (SSSR count). The van der Waals surface area contributed by atoms with E-state index in [-0.39, 0.29) is 17.5 Å². The number of nitrogens with zero attached hydrogens (tertiary/aromatic N) is 7. The largest absolute Gasteiger partial charge is 0.475 e. The molecule has 0 radical (unpaired) electrons. The van der Waals surface area contributed by atoms with Crippen LogP contribution in [-0.4, -0.2) is 73.5 Å². The predicted octanol–water partition coefficient (Wildman–Crippen LogP) is 1.23. The fraction of sp³-hybridized carbons (Fsp3) is 0.611. The van der Waals surface area contributed by atoms with E-state index in [2.05, 4.69) is 28.2 Å². The van der Waals surface area contributed by atoms with Crippen molar-refractivity contribution in [3.8, 4) is 5.88 Å². The van der Waals surface area contributed by atoms with E-state index in [0.29, 0.717) is 13.1 Å². The third kappa shape index (κ3) is 4.39. The highest BCUT2D eigenvalue weighted by atomic mass is 16.6. The molecule has 0 bridgehead atoms. The summed E-state index contributed by atoms with van der Waals surface area (Å²) in [7, 11) is 1.32. The Bertz CT molecular complexity index is 883. The van der Waals surface area contributed by atoms with E-state index in [4.69, 9.17) is 4.74 Å². The summed E-state index contributed by atoms with van der Waals surface area (Å²) in [4.78, 5) is 27.5. The molecular weight excluding hydrogens is 378 g/mol. The van der Waals surface area contributed by atoms with Gasteiger partial charge in [-0.15, -0.1) is 5.10 Å². The van der Waals surface area contributed by atoms with Crippen LogP contribution in [0, 0.1) is 17.0 Å². The molecule has 1 amide bonds. The number of hydrogen-bond acceptors (Lipinski definition) is 7. The van der Waals surface area contributed by atoms with E-state index in [1.165, 1.54) is 23.6 Å². The maximum absolute atomic E-state index is 12.9. The number of piperazine rings is 1. The fourth-order valence-corrected chi connectivity index (χ4v) is 3.46. The van der Waals surface area contributed by atoms with Crippen LogP contribution in [0.4, 0.5) is 5.69 Å². The molecular formula is C18H27N7O4. The Balaban J connectivity index is 1.59. The van der Waals surface area contributed by atoms with E-state index in [9.17, 15) is 14.9 Å². The zero-order valence-electron chi connectivity index (χ0n) is 17.2. The fourth-order valence-electron chi connectivity index (χ4n) is 3.46. The Morgan fingerprint density at radius 3 is 2.48 bits per heavy atom. The van der Waals surface area contributed by atoms with Gasteiger partial charge in [0, 0.05) is 51.0 Å². The molecule has 1 saturated heterocycles. The number of nitro groups is 1. The second-order valence-electron chi connectivity index (χ2n) is 7.13. The highest BCUT2D eigenvalue weighted by Crippen LogP contribution is 2.26. The molecule has 2 aromatic rings. The summed E-state index contributed by atoms with van der Waals surface area (Å²) in [5.41, 5.74) is 1.99. The Morgan fingerprint density at radius 2 is 1.97 bits per heavy atom. The normalized spacial score (nSPS) is 16.1. The minimum atomic E-state index is -0.644. The summed E-state index contributed by atoms with van der Waals surface area (Å²) in [6, 6.07) is -0.644. The van der Waals surface area contributed by atoms with Gasteiger partial charge in [0.25, 0.3) is 0 Å². The summed E-state index contributed by atoms with van der Waals surface area (Å²) in [6.45, 7) is 10.1. The van der Waals surface area contributed by atoms with Crippen molar-refractivity contribution in [1.29, 1.82) is 0 Å². The van der Waals surface area contributed by atoms with Crippen molar-refractivity contribution in [2.45, 2.75) is 39.9 Å². The second kappa shape index (κ2) is 8.60. The van der Waals surface area contributed by atoms with Gasteiger partial charge in [-0.3, -0.25) is 24.5 Å². The molecule has 0 saturated carbocycles. The van der Waals surface area contributed by atoms with Crippen LogP contribution in [-0.2, 0) is 17.9 Å². The summed E-state index contributed by atoms with van der Waals surface area (Å²) in [6.07, 6.45) is 3.32. The van der Waals surface area contributed by atoms with Crippen LogP contribution < -0.4 is 4.74 Å². The zero-order valence-corrected chi connectivity index (χ0v) is 17.2. The van der Waals surface area contributed by atoms with Crippen molar-refractivity contribution in [2.24, 2.45) is 0 Å². The number of carbonyl (C=O) groups excluding carboxylic acids is 1. The highest BCUT2D eigenvalue weighted by Gasteiger charge is 2.29. The first kappa shape index (κ1) is 20.8. The zero-order chi connectivity index (χ0) is 21.1. The average molecular weight is 405 g/mol. The highest BCUT2D eigenvalue weighted by molar-refractivity contribution is 5.80. The lowest BCUT2D eigenvalue weighted by atomic mass is 10.2. The predicted molar refractivity (Wildman–Crippen MR) is 105 cm³/mol. The molecule has 1 aliphatic rings. The topological polar surface area (TPSA) is 112 Å². The summed E-state index contributed by atoms with van der Waals surface area (Å²) in [5, 5.41) is 19.6. The van der Waals surface area contributed by atoms with Crippen LogP contribution >= 0.6 is 0 Å². The lowest BCUT2D eigenvalue weighted by Crippen LogP contribution is -2.50. The lowest BCUT2D eigenvalue weighted by molar-refractivity contribution is -0.385. The first-order valence-corrected chi connectivity index (χ1v) is 9.65. The number of ether oxygens (including phenoxy) is 1. The third-order valence-electron chi connectivity index (χ3n) is 5.27. The van der Waals surface area contributed by atoms with E-state index in [1.807, 2.05) is 11.6 Å². The summed E-state index contributed by atoms with van der Waals surface area (Å²) < 4.78 is 8.17. The van der Waals surface area contributed by atoms with Crippen LogP contribution in [0.3, 0.4) is 0 Å². The molecule has 1 fully saturated rings. The van der Waals surface area contributed by atoms with Crippen molar-refractivity contribution in [3.05, 3.63) is 33.8 Å². The van der Waals surface area contributed by atoms with Gasteiger partial charge in [0.15, 0.2) is 0 Å². The van der Waals surface area contributed by atoms with E-state index >= 15 is 0 Å². The van der Waals surface area contributed by atoms with Crippen molar-refractivity contribution < 1.29 is 14.5 Å². The van der Waals surface area contributed by atoms with Crippen LogP contribution in [0.25, 0.3) is 0 Å². The first-order chi connectivity index (χ1) is 13.8. The number of carbonyl (C=O) groups is 1. The molecule has 0 aromatic carbocycles. The van der Waals surface area contributed by atoms with Crippen molar-refractivity contribution in [3.63, 3.8) is 0 Å². The van der Waals surface area contributed by atoms with Crippen molar-refractivity contribution in [2.75, 3.05) is 33.3 Å². The summed E-state index contributed by atoms with van der Waals surface area (Å²) >= 11 is 0. The number of hydrogen-bond donors (Lipinski definition) is 0. The number of aryl methyl sites for hydroxylation is 2. The third-order valence-corrected chi connectivity index (χ3v) is 5.27. The maximum Gasteiger partial charge on any atom is 0.350 e. The van der Waals surface area contributed by atoms with Gasteiger partial charge in [-0.25, -0.2) is 4.68 Å². The standard InChI is InChI=1S/C18H27N7O4/c1-5-23-11-15(13(2)19-23)10-21-6-8-22(9-7-21)18(26)14(3)24-12-16(25(27)28)17(20-24)29-4/h11-12,14H,5-10H2,1-4H3. The van der Waals surface area contributed by atoms with Crippen molar-refractivity contribution >= 4 is 11.6 Å². The molecule has 158 valence electrons. The maximum atomic E-state index is 12.9. The lowest BCUT2D eigenvalue weighted by Gasteiger charge is -2.35. The Hall–Kier alpha value is -2.95. The molecule has 2 aromatic heterocycles. The number of aromatic nitrogens is 4. The Labute approximate surface area is 169 Å². The number of methoxy groups -OCH3 is 1. The van der Waals surface area contributed by atoms with E-state index in [1.54, 1.807) is 11.8 Å². The average Bonchev–Trinajstić information content (AvgIpc) is 3.31. The quantitative estimate of drug-likeness (QED) is 0.503. The summed E-state index contributed by atoms with van der Waals surface area (Å²) in [5.74, 6) is -0.206. The van der Waals surface area contributed by atoms with Crippen molar-refractivity contribution in [1.82, 2.24) is 29.4 Å². The minimum Gasteiger partial charge on any atom is -0.475 e. The van der Waals surface area contributed by atoms with Gasteiger partial charge in [0.05, 0.1) is 17.7 Å². The van der Waals surface area contributed by atoms with Crippen LogP contribution in [0.2, 0.25) is 0 Å². The first-order valence-electron chi connectivity index (χ1n) is 9.65. The van der Waals surface area contributed by atoms with Gasteiger partial charge >= 0.3 is 11.6 Å². The molecule has 1 unspecified atom stereocenters. The van der Waals surface area contributed by atoms with Gasteiger partial charge in [-0.05, 0) is 20.8 Å². The Kier molecular flexibility index (Phi) is 6.16. The minimum absolute atomic E-state index is 0.0949. The molecule has 11 heteroatoms. The second-order valence-corrected chi connectivity index (χ2v) is 7.13. The molecule has 0 aliphatic carbocycles. The molecule has 11 nitrogen and oxygen atoms in total. The molecule has 0 spiro atoms. The van der Waals surface area contributed by atoms with Gasteiger partial charge < -0.3 is 9.64 Å². The monoisotopic (exact) mass is 405 g/mol. The van der Waals surface area contributed by atoms with Crippen LogP contribution in [0.15, 0.2) is 12.4 Å². The number of rotatable bonds is 7. The Morgan fingerprint density at radius 1 is 1.28 bits per heavy atom. The SMILES string of the molecule is CCn1cc(CN2CCN(C(=O)C(C)n3cc([N+](=O)[O-])c(OC)n3)CC2)c(C)n1. The molecule has 1 atom stereocenters. The molecule has 29 heavy (non-hydrogen) atoms. The molecule has 0 N–H and O–H groups in total. The van der Waals surface area contributed by atoms with Crippen LogP contribution in [0.5, 0.6) is 5.88 Å². The van der Waals surface area contributed by atoms with Gasteiger partial charge in [0.2, 0.25) is 5.91 Å². The smallest absolute Gasteiger partial charge is 0.350 e.